The highest BCUT2D eigenvalue weighted by atomic mass is 16.2. The minimum Gasteiger partial charge on any atom is -0.302 e. The quantitative estimate of drug-likeness (QED) is 0.153. The Balaban J connectivity index is 1.35. The number of rotatable bonds is 8. The van der Waals surface area contributed by atoms with E-state index in [1.165, 1.54) is 22.3 Å². The van der Waals surface area contributed by atoms with Crippen LogP contribution in [0.15, 0.2) is 157 Å². The van der Waals surface area contributed by atoms with Gasteiger partial charge in [-0.3, -0.25) is 9.59 Å². The van der Waals surface area contributed by atoms with E-state index >= 15 is 9.59 Å². The van der Waals surface area contributed by atoms with Crippen LogP contribution in [0.1, 0.15) is 128 Å². The molecule has 0 N–H and O–H groups in total. The van der Waals surface area contributed by atoms with Crippen molar-refractivity contribution in [1.29, 1.82) is 0 Å². The molecule has 0 saturated heterocycles. The molecule has 0 radical (unpaired) electrons. The lowest BCUT2D eigenvalue weighted by Crippen LogP contribution is -2.30. The van der Waals surface area contributed by atoms with Gasteiger partial charge in [0.2, 0.25) is 0 Å². The molecule has 0 saturated carbocycles. The monoisotopic (exact) mass is 844 g/mol. The summed E-state index contributed by atoms with van der Waals surface area (Å²) in [6, 6.07) is 51.0. The van der Waals surface area contributed by atoms with Crippen molar-refractivity contribution < 1.29 is 9.59 Å². The Morgan fingerprint density at radius 3 is 0.844 bits per heavy atom. The third kappa shape index (κ3) is 8.80. The summed E-state index contributed by atoms with van der Waals surface area (Å²) in [4.78, 5) is 35.1. The first-order valence-corrected chi connectivity index (χ1v) is 22.8. The lowest BCUT2D eigenvalue weighted by Gasteiger charge is -2.29. The van der Waals surface area contributed by atoms with E-state index in [2.05, 4.69) is 192 Å². The second-order valence-corrected chi connectivity index (χ2v) is 22.0. The number of nitrogens with zero attached hydrogens (tertiary/aromatic N) is 2. The minimum atomic E-state index is -0.160. The highest BCUT2D eigenvalue weighted by Crippen LogP contribution is 2.48. The van der Waals surface area contributed by atoms with Gasteiger partial charge < -0.3 is 9.80 Å². The lowest BCUT2D eigenvalue weighted by molar-refractivity contribution is -0.124. The van der Waals surface area contributed by atoms with Crippen molar-refractivity contribution >= 4 is 23.2 Å². The van der Waals surface area contributed by atoms with Gasteiger partial charge in [0.05, 0.1) is 35.6 Å². The number of carbonyl (C=O) groups is 2. The predicted molar refractivity (Wildman–Crippen MR) is 266 cm³/mol. The van der Waals surface area contributed by atoms with Crippen LogP contribution in [0.25, 0.3) is 33.6 Å². The number of carbonyl (C=O) groups excluding carboxylic acids is 2. The number of benzene rings is 6. The molecule has 2 aliphatic rings. The summed E-state index contributed by atoms with van der Waals surface area (Å²) < 4.78 is 0. The van der Waals surface area contributed by atoms with Crippen LogP contribution in [0.5, 0.6) is 0 Å². The molecule has 0 aliphatic carbocycles. The Labute approximate surface area is 382 Å². The van der Waals surface area contributed by atoms with Crippen LogP contribution in [0.2, 0.25) is 0 Å². The molecule has 4 nitrogen and oxygen atoms in total. The van der Waals surface area contributed by atoms with Crippen molar-refractivity contribution in [1.82, 2.24) is 9.80 Å². The molecule has 6 aromatic carbocycles. The van der Waals surface area contributed by atoms with Gasteiger partial charge in [-0.2, -0.15) is 0 Å². The zero-order valence-electron chi connectivity index (χ0n) is 40.0. The Hall–Kier alpha value is -6.26. The highest BCUT2D eigenvalue weighted by Gasteiger charge is 2.49. The molecule has 0 atom stereocenters. The van der Waals surface area contributed by atoms with E-state index in [4.69, 9.17) is 0 Å². The maximum atomic E-state index is 15.7. The molecule has 0 fully saturated rings. The first-order valence-electron chi connectivity index (χ1n) is 22.8. The molecule has 8 rings (SSSR count). The topological polar surface area (TPSA) is 40.6 Å². The van der Waals surface area contributed by atoms with Gasteiger partial charge >= 0.3 is 0 Å². The Kier molecular flexibility index (Phi) is 11.4. The Bertz CT molecular complexity index is 2540. The second kappa shape index (κ2) is 16.4. The summed E-state index contributed by atoms with van der Waals surface area (Å²) in [6.45, 7) is 27.5. The molecule has 0 unspecified atom stereocenters. The summed E-state index contributed by atoms with van der Waals surface area (Å²) in [5.41, 5.74) is 14.8. The third-order valence-electron chi connectivity index (χ3n) is 12.8. The maximum absolute atomic E-state index is 15.7. The van der Waals surface area contributed by atoms with Crippen LogP contribution in [0, 0.1) is 0 Å². The maximum Gasteiger partial charge on any atom is 0.261 e. The molecule has 2 amide bonds. The summed E-state index contributed by atoms with van der Waals surface area (Å²) >= 11 is 0. The molecule has 6 aromatic rings. The average Bonchev–Trinajstić information content (AvgIpc) is 3.68. The number of hydrogen-bond acceptors (Lipinski definition) is 2. The van der Waals surface area contributed by atoms with Gasteiger partial charge in [0.1, 0.15) is 0 Å². The second-order valence-electron chi connectivity index (χ2n) is 22.0. The molecular formula is C60H64N2O2. The Morgan fingerprint density at radius 2 is 0.578 bits per heavy atom. The van der Waals surface area contributed by atoms with E-state index in [9.17, 15) is 0 Å². The summed E-state index contributed by atoms with van der Waals surface area (Å²) in [6.07, 6.45) is 0. The van der Waals surface area contributed by atoms with Crippen molar-refractivity contribution in [3.05, 3.63) is 201 Å². The van der Waals surface area contributed by atoms with Gasteiger partial charge in [-0.15, -0.1) is 0 Å². The van der Waals surface area contributed by atoms with Gasteiger partial charge in [0, 0.05) is 0 Å². The van der Waals surface area contributed by atoms with Crippen LogP contribution >= 0.6 is 0 Å². The van der Waals surface area contributed by atoms with Crippen molar-refractivity contribution in [2.24, 2.45) is 0 Å². The normalized spacial score (nSPS) is 14.9. The number of hydrogen-bond donors (Lipinski definition) is 0. The van der Waals surface area contributed by atoms with Crippen LogP contribution in [-0.2, 0) is 44.3 Å². The fourth-order valence-corrected chi connectivity index (χ4v) is 8.86. The lowest BCUT2D eigenvalue weighted by atomic mass is 9.79. The first-order chi connectivity index (χ1) is 30.1. The van der Waals surface area contributed by atoms with Crippen LogP contribution in [-0.4, -0.2) is 21.6 Å². The predicted octanol–water partition coefficient (Wildman–Crippen LogP) is 14.4. The molecule has 0 spiro atoms. The zero-order chi connectivity index (χ0) is 45.9. The summed E-state index contributed by atoms with van der Waals surface area (Å²) in [5.74, 6) is -0.320. The van der Waals surface area contributed by atoms with E-state index < -0.39 is 0 Å². The van der Waals surface area contributed by atoms with E-state index in [0.29, 0.717) is 35.6 Å². The fourth-order valence-electron chi connectivity index (χ4n) is 8.86. The molecule has 0 aromatic heterocycles. The van der Waals surface area contributed by atoms with Crippen molar-refractivity contribution in [3.8, 4) is 22.3 Å². The van der Waals surface area contributed by atoms with E-state index in [-0.39, 0.29) is 33.5 Å². The van der Waals surface area contributed by atoms with Crippen molar-refractivity contribution in [2.45, 2.75) is 118 Å². The SMILES string of the molecule is CC(C)(C)c1cc(CN2C(=O)C3=C(c4ccc(-c5ccccc5)cc4)N(Cc4cc(C(C)(C)C)cc(C(C)(C)C)c4)C(=O)C3=C2c2ccc(-c3ccccc3)cc2)cc(C(C)(C)C)c1. The largest absolute Gasteiger partial charge is 0.302 e. The van der Waals surface area contributed by atoms with Gasteiger partial charge in [-0.25, -0.2) is 0 Å². The third-order valence-corrected chi connectivity index (χ3v) is 12.8. The number of fused-ring (bicyclic) bond motifs is 1. The van der Waals surface area contributed by atoms with E-state index in [1.54, 1.807) is 0 Å². The smallest absolute Gasteiger partial charge is 0.261 e. The molecule has 2 aliphatic heterocycles. The molecular weight excluding hydrogens is 781 g/mol. The summed E-state index contributed by atoms with van der Waals surface area (Å²) in [7, 11) is 0. The van der Waals surface area contributed by atoms with E-state index in [0.717, 1.165) is 44.5 Å². The standard InChI is InChI=1S/C60H64N2O2/c1-57(2,3)47-31-39(32-48(35-47)58(4,5)6)37-61-53(45-27-23-43(24-28-45)41-19-15-13-16-20-41)51-52(55(61)63)54(46-29-25-44(26-30-46)42-21-17-14-18-22-42)62(56(51)64)38-40-33-49(59(7,8)9)36-50(34-40)60(10,11)12/h13-36H,37-38H2,1-12H3. The van der Waals surface area contributed by atoms with Crippen LogP contribution < -0.4 is 0 Å². The highest BCUT2D eigenvalue weighted by molar-refractivity contribution is 6.30. The molecule has 4 heteroatoms. The molecule has 326 valence electrons. The van der Waals surface area contributed by atoms with Gasteiger partial charge in [0.15, 0.2) is 0 Å². The summed E-state index contributed by atoms with van der Waals surface area (Å²) in [5, 5.41) is 0. The van der Waals surface area contributed by atoms with Crippen LogP contribution in [0.4, 0.5) is 0 Å². The van der Waals surface area contributed by atoms with E-state index in [1.807, 2.05) is 46.2 Å². The molecule has 64 heavy (non-hydrogen) atoms. The minimum absolute atomic E-state index is 0.106. The fraction of sp³-hybridized carbons (Fsp3) is 0.300. The van der Waals surface area contributed by atoms with Crippen LogP contribution in [0.3, 0.4) is 0 Å². The average molecular weight is 845 g/mol. The molecule has 2 heterocycles. The zero-order valence-corrected chi connectivity index (χ0v) is 40.0. The van der Waals surface area contributed by atoms with Gasteiger partial charge in [-0.05, 0) is 88.4 Å². The Morgan fingerprint density at radius 1 is 0.328 bits per heavy atom. The van der Waals surface area contributed by atoms with Gasteiger partial charge in [-0.1, -0.05) is 229 Å². The molecule has 0 bridgehead atoms. The van der Waals surface area contributed by atoms with Crippen molar-refractivity contribution in [2.75, 3.05) is 0 Å². The van der Waals surface area contributed by atoms with Gasteiger partial charge in [0.25, 0.3) is 11.8 Å². The first kappa shape index (κ1) is 44.4. The van der Waals surface area contributed by atoms with Crippen molar-refractivity contribution in [3.63, 3.8) is 0 Å². The number of amides is 2.